The van der Waals surface area contributed by atoms with E-state index >= 15 is 0 Å². The van der Waals surface area contributed by atoms with Gasteiger partial charge in [-0.1, -0.05) is 0 Å². The molecule has 0 aliphatic carbocycles. The van der Waals surface area contributed by atoms with E-state index in [0.29, 0.717) is 24.7 Å². The van der Waals surface area contributed by atoms with E-state index in [0.717, 1.165) is 0 Å². The molecule has 1 aromatic rings. The standard InChI is InChI=1S/C10H13NO4/c1-3-14-9-6-5-8(11(12)13)7-10(9)15-4-2/h5-7H,3-4H2,1-2H3. The molecule has 0 fully saturated rings. The largest absolute Gasteiger partial charge is 0.490 e. The molecular formula is C10H13NO4. The van der Waals surface area contributed by atoms with Crippen molar-refractivity contribution in [1.29, 1.82) is 0 Å². The van der Waals surface area contributed by atoms with E-state index in [9.17, 15) is 10.1 Å². The molecule has 0 amide bonds. The Morgan fingerprint density at radius 3 is 2.33 bits per heavy atom. The fourth-order valence-corrected chi connectivity index (χ4v) is 1.15. The number of nitrogens with zero attached hydrogens (tertiary/aromatic N) is 1. The van der Waals surface area contributed by atoms with Crippen molar-refractivity contribution in [2.75, 3.05) is 13.2 Å². The zero-order valence-electron chi connectivity index (χ0n) is 8.73. The van der Waals surface area contributed by atoms with Crippen molar-refractivity contribution in [3.63, 3.8) is 0 Å². The molecule has 0 unspecified atom stereocenters. The third-order valence-corrected chi connectivity index (χ3v) is 1.74. The number of hydrogen-bond acceptors (Lipinski definition) is 4. The Kier molecular flexibility index (Phi) is 3.91. The van der Waals surface area contributed by atoms with Crippen LogP contribution >= 0.6 is 0 Å². The molecule has 5 nitrogen and oxygen atoms in total. The van der Waals surface area contributed by atoms with Crippen LogP contribution in [-0.2, 0) is 0 Å². The summed E-state index contributed by atoms with van der Waals surface area (Å²) in [4.78, 5) is 10.1. The quantitative estimate of drug-likeness (QED) is 0.554. The Balaban J connectivity index is 3.02. The smallest absolute Gasteiger partial charge is 0.273 e. The number of ether oxygens (including phenoxy) is 2. The number of non-ortho nitro benzene ring substituents is 1. The predicted octanol–water partition coefficient (Wildman–Crippen LogP) is 2.39. The van der Waals surface area contributed by atoms with Gasteiger partial charge in [-0.05, 0) is 19.9 Å². The van der Waals surface area contributed by atoms with Crippen molar-refractivity contribution in [2.45, 2.75) is 13.8 Å². The van der Waals surface area contributed by atoms with Crippen molar-refractivity contribution in [2.24, 2.45) is 0 Å². The van der Waals surface area contributed by atoms with Gasteiger partial charge in [-0.3, -0.25) is 10.1 Å². The molecular weight excluding hydrogens is 198 g/mol. The Morgan fingerprint density at radius 1 is 1.20 bits per heavy atom. The number of hydrogen-bond donors (Lipinski definition) is 0. The van der Waals surface area contributed by atoms with Gasteiger partial charge in [-0.25, -0.2) is 0 Å². The van der Waals surface area contributed by atoms with Crippen LogP contribution in [0.1, 0.15) is 13.8 Å². The zero-order chi connectivity index (χ0) is 11.3. The minimum absolute atomic E-state index is 0.00176. The maximum Gasteiger partial charge on any atom is 0.273 e. The van der Waals surface area contributed by atoms with E-state index in [1.165, 1.54) is 12.1 Å². The van der Waals surface area contributed by atoms with E-state index in [4.69, 9.17) is 9.47 Å². The summed E-state index contributed by atoms with van der Waals surface area (Å²) in [5, 5.41) is 10.5. The highest BCUT2D eigenvalue weighted by molar-refractivity contribution is 5.48. The molecule has 82 valence electrons. The highest BCUT2D eigenvalue weighted by Crippen LogP contribution is 2.31. The summed E-state index contributed by atoms with van der Waals surface area (Å²) >= 11 is 0. The molecule has 0 bridgehead atoms. The van der Waals surface area contributed by atoms with Crippen LogP contribution < -0.4 is 9.47 Å². The van der Waals surface area contributed by atoms with Gasteiger partial charge < -0.3 is 9.47 Å². The fourth-order valence-electron chi connectivity index (χ4n) is 1.15. The highest BCUT2D eigenvalue weighted by atomic mass is 16.6. The molecule has 0 heterocycles. The lowest BCUT2D eigenvalue weighted by molar-refractivity contribution is -0.385. The normalized spacial score (nSPS) is 9.73. The maximum absolute atomic E-state index is 10.5. The number of rotatable bonds is 5. The minimum atomic E-state index is -0.460. The second-order valence-corrected chi connectivity index (χ2v) is 2.75. The fraction of sp³-hybridized carbons (Fsp3) is 0.400. The van der Waals surface area contributed by atoms with Crippen LogP contribution in [-0.4, -0.2) is 18.1 Å². The van der Waals surface area contributed by atoms with Gasteiger partial charge in [0.05, 0.1) is 24.2 Å². The molecule has 0 spiro atoms. The highest BCUT2D eigenvalue weighted by Gasteiger charge is 2.12. The molecule has 15 heavy (non-hydrogen) atoms. The van der Waals surface area contributed by atoms with E-state index in [1.54, 1.807) is 6.07 Å². The number of nitro groups is 1. The lowest BCUT2D eigenvalue weighted by Gasteiger charge is -2.09. The number of nitro benzene ring substituents is 1. The van der Waals surface area contributed by atoms with Crippen LogP contribution in [0.4, 0.5) is 5.69 Å². The van der Waals surface area contributed by atoms with Crippen LogP contribution in [0.3, 0.4) is 0 Å². The van der Waals surface area contributed by atoms with E-state index in [1.807, 2.05) is 13.8 Å². The zero-order valence-corrected chi connectivity index (χ0v) is 8.73. The van der Waals surface area contributed by atoms with Gasteiger partial charge in [0.25, 0.3) is 5.69 Å². The SMILES string of the molecule is CCOc1ccc([N+](=O)[O-])cc1OCC. The van der Waals surface area contributed by atoms with Crippen molar-refractivity contribution in [3.05, 3.63) is 28.3 Å². The molecule has 0 aliphatic rings. The molecule has 1 aromatic carbocycles. The molecule has 0 N–H and O–H groups in total. The van der Waals surface area contributed by atoms with Crippen molar-refractivity contribution in [1.82, 2.24) is 0 Å². The number of benzene rings is 1. The summed E-state index contributed by atoms with van der Waals surface area (Å²) in [6, 6.07) is 4.31. The van der Waals surface area contributed by atoms with Crippen molar-refractivity contribution >= 4 is 5.69 Å². The minimum Gasteiger partial charge on any atom is -0.490 e. The van der Waals surface area contributed by atoms with Gasteiger partial charge in [-0.15, -0.1) is 0 Å². The van der Waals surface area contributed by atoms with Crippen LogP contribution in [0.15, 0.2) is 18.2 Å². The summed E-state index contributed by atoms with van der Waals surface area (Å²) in [5.41, 5.74) is 0.00176. The lowest BCUT2D eigenvalue weighted by Crippen LogP contribution is -1.99. The average molecular weight is 211 g/mol. The molecule has 0 saturated carbocycles. The lowest BCUT2D eigenvalue weighted by atomic mass is 10.3. The molecule has 5 heteroatoms. The van der Waals surface area contributed by atoms with Crippen LogP contribution in [0.5, 0.6) is 11.5 Å². The Morgan fingerprint density at radius 2 is 1.80 bits per heavy atom. The monoisotopic (exact) mass is 211 g/mol. The first-order valence-corrected chi connectivity index (χ1v) is 4.73. The van der Waals surface area contributed by atoms with Gasteiger partial charge in [0.2, 0.25) is 0 Å². The first kappa shape index (κ1) is 11.3. The van der Waals surface area contributed by atoms with Gasteiger partial charge in [0.1, 0.15) is 0 Å². The second-order valence-electron chi connectivity index (χ2n) is 2.75. The average Bonchev–Trinajstić information content (AvgIpc) is 2.21. The van der Waals surface area contributed by atoms with Crippen molar-refractivity contribution < 1.29 is 14.4 Å². The topological polar surface area (TPSA) is 61.6 Å². The van der Waals surface area contributed by atoms with Gasteiger partial charge in [0, 0.05) is 6.07 Å². The Bertz CT molecular complexity index is 351. The van der Waals surface area contributed by atoms with Crippen LogP contribution in [0, 0.1) is 10.1 Å². The first-order valence-electron chi connectivity index (χ1n) is 4.73. The molecule has 0 aliphatic heterocycles. The third kappa shape index (κ3) is 2.83. The summed E-state index contributed by atoms with van der Waals surface area (Å²) in [7, 11) is 0. The maximum atomic E-state index is 10.5. The molecule has 0 radical (unpaired) electrons. The first-order chi connectivity index (χ1) is 7.19. The molecule has 1 rings (SSSR count). The van der Waals surface area contributed by atoms with E-state index < -0.39 is 4.92 Å². The Labute approximate surface area is 87.8 Å². The molecule has 0 saturated heterocycles. The van der Waals surface area contributed by atoms with Crippen LogP contribution in [0.2, 0.25) is 0 Å². The summed E-state index contributed by atoms with van der Waals surface area (Å²) in [6.45, 7) is 4.60. The van der Waals surface area contributed by atoms with Crippen LogP contribution in [0.25, 0.3) is 0 Å². The second kappa shape index (κ2) is 5.19. The molecule has 0 atom stereocenters. The third-order valence-electron chi connectivity index (χ3n) is 1.74. The summed E-state index contributed by atoms with van der Waals surface area (Å²) in [6.07, 6.45) is 0. The summed E-state index contributed by atoms with van der Waals surface area (Å²) < 4.78 is 10.5. The van der Waals surface area contributed by atoms with Gasteiger partial charge in [-0.2, -0.15) is 0 Å². The summed E-state index contributed by atoms with van der Waals surface area (Å²) in [5.74, 6) is 0.943. The van der Waals surface area contributed by atoms with E-state index in [-0.39, 0.29) is 5.69 Å². The van der Waals surface area contributed by atoms with Gasteiger partial charge >= 0.3 is 0 Å². The van der Waals surface area contributed by atoms with E-state index in [2.05, 4.69) is 0 Å². The molecule has 0 aromatic heterocycles. The Hall–Kier alpha value is -1.78. The van der Waals surface area contributed by atoms with Crippen molar-refractivity contribution in [3.8, 4) is 11.5 Å². The predicted molar refractivity (Wildman–Crippen MR) is 55.4 cm³/mol. The van der Waals surface area contributed by atoms with Gasteiger partial charge in [0.15, 0.2) is 11.5 Å².